The van der Waals surface area contributed by atoms with E-state index in [0.717, 1.165) is 10.1 Å². The molecule has 29 heavy (non-hydrogen) atoms. The molecule has 154 valence electrons. The van der Waals surface area contributed by atoms with E-state index in [4.69, 9.17) is 4.74 Å². The number of ether oxygens (including phenoxy) is 1. The zero-order valence-corrected chi connectivity index (χ0v) is 17.5. The summed E-state index contributed by atoms with van der Waals surface area (Å²) in [6.45, 7) is 5.85. The number of aliphatic hydroxyl groups is 1. The highest BCUT2D eigenvalue weighted by atomic mass is 32.2. The number of fused-ring (bicyclic) bond motifs is 1. The minimum atomic E-state index is -0.876. The molecule has 0 aliphatic heterocycles. The van der Waals surface area contributed by atoms with Crippen LogP contribution in [-0.2, 0) is 20.6 Å². The van der Waals surface area contributed by atoms with Gasteiger partial charge in [0.1, 0.15) is 18.5 Å². The molecule has 0 fully saturated rings. The third kappa shape index (κ3) is 4.30. The second kappa shape index (κ2) is 8.71. The molecule has 0 aliphatic carbocycles. The molecule has 0 amide bonds. The zero-order chi connectivity index (χ0) is 21.1. The van der Waals surface area contributed by atoms with Gasteiger partial charge in [-0.2, -0.15) is 0 Å². The summed E-state index contributed by atoms with van der Waals surface area (Å²) in [4.78, 5) is 29.4. The van der Waals surface area contributed by atoms with Crippen LogP contribution in [0.4, 0.5) is 0 Å². The van der Waals surface area contributed by atoms with E-state index in [1.54, 1.807) is 17.7 Å². The smallest absolute Gasteiger partial charge is 0.332 e. The molecule has 2 aromatic heterocycles. The fourth-order valence-electron chi connectivity index (χ4n) is 2.93. The zero-order valence-electron chi connectivity index (χ0n) is 16.7. The third-order valence-electron chi connectivity index (χ3n) is 4.50. The SMILES string of the molecule is C=CCSc1nc2c(c(=O)n(C)c(=O)n2C)n1C[C@@H](O)COc1ccc(C)cc1. The maximum atomic E-state index is 12.7. The molecule has 0 saturated carbocycles. The summed E-state index contributed by atoms with van der Waals surface area (Å²) >= 11 is 1.38. The normalized spacial score (nSPS) is 12.3. The average Bonchev–Trinajstić information content (AvgIpc) is 3.07. The van der Waals surface area contributed by atoms with Gasteiger partial charge in [0.05, 0.1) is 6.54 Å². The van der Waals surface area contributed by atoms with Crippen LogP contribution in [0, 0.1) is 6.92 Å². The van der Waals surface area contributed by atoms with Gasteiger partial charge in [0.15, 0.2) is 16.3 Å². The Morgan fingerprint density at radius 2 is 1.93 bits per heavy atom. The number of benzene rings is 1. The average molecular weight is 417 g/mol. The number of aromatic nitrogens is 4. The Morgan fingerprint density at radius 3 is 2.59 bits per heavy atom. The lowest BCUT2D eigenvalue weighted by atomic mass is 10.2. The van der Waals surface area contributed by atoms with Gasteiger partial charge in [0.25, 0.3) is 5.56 Å². The van der Waals surface area contributed by atoms with Crippen LogP contribution in [0.5, 0.6) is 5.75 Å². The van der Waals surface area contributed by atoms with E-state index in [0.29, 0.717) is 16.7 Å². The molecule has 3 aromatic rings. The Bertz CT molecular complexity index is 1140. The Labute approximate surface area is 172 Å². The van der Waals surface area contributed by atoms with Gasteiger partial charge in [-0.1, -0.05) is 35.5 Å². The van der Waals surface area contributed by atoms with Crippen molar-refractivity contribution in [2.75, 3.05) is 12.4 Å². The quantitative estimate of drug-likeness (QED) is 0.442. The van der Waals surface area contributed by atoms with Crippen LogP contribution in [-0.4, -0.2) is 42.3 Å². The molecule has 0 saturated heterocycles. The fraction of sp³-hybridized carbons (Fsp3) is 0.350. The second-order valence-electron chi connectivity index (χ2n) is 6.76. The first-order chi connectivity index (χ1) is 13.8. The Kier molecular flexibility index (Phi) is 6.29. The predicted octanol–water partition coefficient (Wildman–Crippen LogP) is 1.46. The number of hydrogen-bond donors (Lipinski definition) is 1. The summed E-state index contributed by atoms with van der Waals surface area (Å²) in [7, 11) is 3.00. The maximum Gasteiger partial charge on any atom is 0.332 e. The number of hydrogen-bond acceptors (Lipinski definition) is 6. The lowest BCUT2D eigenvalue weighted by Crippen LogP contribution is -2.38. The molecule has 2 heterocycles. The minimum absolute atomic E-state index is 0.0559. The maximum absolute atomic E-state index is 12.7. The molecular weight excluding hydrogens is 392 g/mol. The van der Waals surface area contributed by atoms with E-state index in [-0.39, 0.29) is 24.3 Å². The molecule has 8 nitrogen and oxygen atoms in total. The van der Waals surface area contributed by atoms with Crippen LogP contribution in [0.2, 0.25) is 0 Å². The highest BCUT2D eigenvalue weighted by molar-refractivity contribution is 7.99. The van der Waals surface area contributed by atoms with Gasteiger partial charge in [0.2, 0.25) is 0 Å². The topological polar surface area (TPSA) is 91.3 Å². The highest BCUT2D eigenvalue weighted by Crippen LogP contribution is 2.22. The van der Waals surface area contributed by atoms with Gasteiger partial charge < -0.3 is 14.4 Å². The lowest BCUT2D eigenvalue weighted by Gasteiger charge is -2.15. The Balaban J connectivity index is 1.93. The fourth-order valence-corrected chi connectivity index (χ4v) is 3.67. The predicted molar refractivity (Wildman–Crippen MR) is 114 cm³/mol. The Hall–Kier alpha value is -2.78. The van der Waals surface area contributed by atoms with Crippen molar-refractivity contribution >= 4 is 22.9 Å². The summed E-state index contributed by atoms with van der Waals surface area (Å²) in [5.41, 5.74) is 0.781. The van der Waals surface area contributed by atoms with Gasteiger partial charge in [-0.25, -0.2) is 9.78 Å². The standard InChI is InChI=1S/C20H24N4O4S/c1-5-10-29-19-21-17-16(18(26)23(4)20(27)22(17)3)24(19)11-14(25)12-28-15-8-6-13(2)7-9-15/h5-9,14,25H,1,10-12H2,2-4H3/t14-/m1/s1. The molecule has 3 rings (SSSR count). The summed E-state index contributed by atoms with van der Waals surface area (Å²) in [6, 6.07) is 7.54. The van der Waals surface area contributed by atoms with E-state index in [1.807, 2.05) is 31.2 Å². The van der Waals surface area contributed by atoms with Crippen LogP contribution in [0.15, 0.2) is 51.7 Å². The monoisotopic (exact) mass is 416 g/mol. The molecule has 1 atom stereocenters. The largest absolute Gasteiger partial charge is 0.491 e. The molecule has 0 radical (unpaired) electrons. The first kappa shape index (κ1) is 20.9. The second-order valence-corrected chi connectivity index (χ2v) is 7.75. The van der Waals surface area contributed by atoms with Gasteiger partial charge in [-0.3, -0.25) is 13.9 Å². The van der Waals surface area contributed by atoms with Crippen molar-refractivity contribution in [1.82, 2.24) is 18.7 Å². The van der Waals surface area contributed by atoms with E-state index >= 15 is 0 Å². The van der Waals surface area contributed by atoms with Gasteiger partial charge in [0, 0.05) is 19.8 Å². The third-order valence-corrected chi connectivity index (χ3v) is 5.47. The summed E-state index contributed by atoms with van der Waals surface area (Å²) in [5, 5.41) is 11.1. The number of nitrogens with zero attached hydrogens (tertiary/aromatic N) is 4. The van der Waals surface area contributed by atoms with Crippen LogP contribution in [0.1, 0.15) is 5.56 Å². The van der Waals surface area contributed by atoms with Crippen molar-refractivity contribution in [2.24, 2.45) is 14.1 Å². The van der Waals surface area contributed by atoms with Crippen LogP contribution >= 0.6 is 11.8 Å². The van der Waals surface area contributed by atoms with Crippen molar-refractivity contribution < 1.29 is 9.84 Å². The summed E-state index contributed by atoms with van der Waals surface area (Å²) < 4.78 is 9.68. The van der Waals surface area contributed by atoms with Gasteiger partial charge >= 0.3 is 5.69 Å². The molecule has 9 heteroatoms. The number of rotatable bonds is 8. The van der Waals surface area contributed by atoms with E-state index < -0.39 is 17.4 Å². The molecule has 0 spiro atoms. The van der Waals surface area contributed by atoms with E-state index in [2.05, 4.69) is 11.6 Å². The van der Waals surface area contributed by atoms with Crippen molar-refractivity contribution in [2.45, 2.75) is 24.7 Å². The molecule has 0 unspecified atom stereocenters. The first-order valence-corrected chi connectivity index (χ1v) is 10.1. The molecule has 1 aromatic carbocycles. The number of aliphatic hydroxyl groups excluding tert-OH is 1. The van der Waals surface area contributed by atoms with E-state index in [1.165, 1.54) is 23.4 Å². The molecular formula is C20H24N4O4S. The van der Waals surface area contributed by atoms with Crippen molar-refractivity contribution in [3.8, 4) is 5.75 Å². The Morgan fingerprint density at radius 1 is 1.24 bits per heavy atom. The lowest BCUT2D eigenvalue weighted by molar-refractivity contribution is 0.0913. The van der Waals surface area contributed by atoms with E-state index in [9.17, 15) is 14.7 Å². The highest BCUT2D eigenvalue weighted by Gasteiger charge is 2.21. The minimum Gasteiger partial charge on any atom is -0.491 e. The van der Waals surface area contributed by atoms with Crippen LogP contribution in [0.25, 0.3) is 11.2 Å². The van der Waals surface area contributed by atoms with Gasteiger partial charge in [-0.15, -0.1) is 6.58 Å². The van der Waals surface area contributed by atoms with Crippen molar-refractivity contribution in [3.63, 3.8) is 0 Å². The van der Waals surface area contributed by atoms with Crippen molar-refractivity contribution in [1.29, 1.82) is 0 Å². The molecule has 0 aliphatic rings. The van der Waals surface area contributed by atoms with Crippen LogP contribution < -0.4 is 16.0 Å². The summed E-state index contributed by atoms with van der Waals surface area (Å²) in [6.07, 6.45) is 0.848. The molecule has 0 bridgehead atoms. The number of thioether (sulfide) groups is 1. The summed E-state index contributed by atoms with van der Waals surface area (Å²) in [5.74, 6) is 1.23. The van der Waals surface area contributed by atoms with Crippen molar-refractivity contribution in [3.05, 3.63) is 63.3 Å². The van der Waals surface area contributed by atoms with Gasteiger partial charge in [-0.05, 0) is 19.1 Å². The number of aryl methyl sites for hydroxylation is 2. The molecule has 1 N–H and O–H groups in total. The first-order valence-electron chi connectivity index (χ1n) is 9.11. The number of imidazole rings is 1. The van der Waals surface area contributed by atoms with Crippen LogP contribution in [0.3, 0.4) is 0 Å².